The van der Waals surface area contributed by atoms with Gasteiger partial charge in [0, 0.05) is 25.8 Å². The minimum Gasteiger partial charge on any atom is -0.344 e. The van der Waals surface area contributed by atoms with E-state index in [1.807, 2.05) is 20.0 Å². The van der Waals surface area contributed by atoms with E-state index in [0.717, 1.165) is 23.9 Å². The van der Waals surface area contributed by atoms with Crippen LogP contribution in [0.5, 0.6) is 0 Å². The van der Waals surface area contributed by atoms with Crippen LogP contribution >= 0.6 is 0 Å². The summed E-state index contributed by atoms with van der Waals surface area (Å²) >= 11 is 0. The Bertz CT molecular complexity index is 322. The number of hydrogen-bond donors (Lipinski definition) is 1. The summed E-state index contributed by atoms with van der Waals surface area (Å²) in [6.07, 6.45) is 0. The standard InChI is InChI=1S/C11H20N4/c1-8(2)7-15(4)11-13-9(3)5-10(6-12)14-11/h5,8H,6-7,12H2,1-4H3. The van der Waals surface area contributed by atoms with Gasteiger partial charge in [-0.25, -0.2) is 9.97 Å². The van der Waals surface area contributed by atoms with Crippen molar-refractivity contribution in [3.05, 3.63) is 17.5 Å². The molecule has 0 bridgehead atoms. The molecule has 0 fully saturated rings. The first-order valence-corrected chi connectivity index (χ1v) is 5.28. The van der Waals surface area contributed by atoms with Crippen LogP contribution in [0.15, 0.2) is 6.07 Å². The molecule has 1 rings (SSSR count). The fourth-order valence-electron chi connectivity index (χ4n) is 1.52. The zero-order valence-corrected chi connectivity index (χ0v) is 9.99. The van der Waals surface area contributed by atoms with Gasteiger partial charge in [-0.1, -0.05) is 13.8 Å². The molecule has 1 aromatic rings. The van der Waals surface area contributed by atoms with Gasteiger partial charge in [0.05, 0.1) is 5.69 Å². The maximum atomic E-state index is 5.58. The van der Waals surface area contributed by atoms with E-state index in [4.69, 9.17) is 5.73 Å². The van der Waals surface area contributed by atoms with Gasteiger partial charge in [-0.15, -0.1) is 0 Å². The van der Waals surface area contributed by atoms with Crippen molar-refractivity contribution in [3.63, 3.8) is 0 Å². The molecule has 0 spiro atoms. The maximum Gasteiger partial charge on any atom is 0.225 e. The molecule has 0 aliphatic rings. The molecular formula is C11H20N4. The summed E-state index contributed by atoms with van der Waals surface area (Å²) < 4.78 is 0. The van der Waals surface area contributed by atoms with Crippen LogP contribution in [0.4, 0.5) is 5.95 Å². The summed E-state index contributed by atoms with van der Waals surface area (Å²) in [6, 6.07) is 1.92. The van der Waals surface area contributed by atoms with Gasteiger partial charge in [0.25, 0.3) is 0 Å². The molecule has 4 heteroatoms. The normalized spacial score (nSPS) is 10.8. The van der Waals surface area contributed by atoms with Crippen LogP contribution in [-0.2, 0) is 6.54 Å². The van der Waals surface area contributed by atoms with Crippen molar-refractivity contribution in [3.8, 4) is 0 Å². The van der Waals surface area contributed by atoms with Crippen LogP contribution in [0.2, 0.25) is 0 Å². The second-order valence-electron chi connectivity index (χ2n) is 4.28. The largest absolute Gasteiger partial charge is 0.344 e. The average molecular weight is 208 g/mol. The number of aryl methyl sites for hydroxylation is 1. The van der Waals surface area contributed by atoms with Gasteiger partial charge in [-0.2, -0.15) is 0 Å². The Hall–Kier alpha value is -1.16. The van der Waals surface area contributed by atoms with Gasteiger partial charge in [0.15, 0.2) is 0 Å². The Morgan fingerprint density at radius 1 is 1.40 bits per heavy atom. The number of aromatic nitrogens is 2. The zero-order chi connectivity index (χ0) is 11.4. The Balaban J connectivity index is 2.88. The first-order chi connectivity index (χ1) is 7.02. The number of anilines is 1. The minimum absolute atomic E-state index is 0.464. The lowest BCUT2D eigenvalue weighted by Gasteiger charge is -2.20. The molecule has 0 atom stereocenters. The fourth-order valence-corrected chi connectivity index (χ4v) is 1.52. The van der Waals surface area contributed by atoms with Crippen molar-refractivity contribution in [1.82, 2.24) is 9.97 Å². The molecule has 0 aromatic carbocycles. The van der Waals surface area contributed by atoms with Crippen LogP contribution in [-0.4, -0.2) is 23.6 Å². The predicted molar refractivity (Wildman–Crippen MR) is 62.8 cm³/mol. The molecule has 0 unspecified atom stereocenters. The van der Waals surface area contributed by atoms with E-state index in [2.05, 4.69) is 28.7 Å². The van der Waals surface area contributed by atoms with Crippen molar-refractivity contribution in [1.29, 1.82) is 0 Å². The van der Waals surface area contributed by atoms with E-state index in [1.165, 1.54) is 0 Å². The summed E-state index contributed by atoms with van der Waals surface area (Å²) in [5.74, 6) is 1.37. The number of hydrogen-bond acceptors (Lipinski definition) is 4. The highest BCUT2D eigenvalue weighted by molar-refractivity contribution is 5.31. The van der Waals surface area contributed by atoms with Crippen molar-refractivity contribution >= 4 is 5.95 Å². The van der Waals surface area contributed by atoms with E-state index in [-0.39, 0.29) is 0 Å². The summed E-state index contributed by atoms with van der Waals surface area (Å²) in [5, 5.41) is 0. The van der Waals surface area contributed by atoms with Crippen LogP contribution in [0.1, 0.15) is 25.2 Å². The average Bonchev–Trinajstić information content (AvgIpc) is 2.15. The minimum atomic E-state index is 0.464. The van der Waals surface area contributed by atoms with Gasteiger partial charge < -0.3 is 10.6 Å². The molecular weight excluding hydrogens is 188 g/mol. The summed E-state index contributed by atoms with van der Waals surface area (Å²) in [4.78, 5) is 10.9. The van der Waals surface area contributed by atoms with Gasteiger partial charge in [0.1, 0.15) is 0 Å². The lowest BCUT2D eigenvalue weighted by atomic mass is 10.2. The Morgan fingerprint density at radius 3 is 2.60 bits per heavy atom. The third-order valence-electron chi connectivity index (χ3n) is 2.09. The van der Waals surface area contributed by atoms with Crippen molar-refractivity contribution in [2.75, 3.05) is 18.5 Å². The molecule has 0 amide bonds. The maximum absolute atomic E-state index is 5.58. The molecule has 0 saturated carbocycles. The van der Waals surface area contributed by atoms with E-state index in [9.17, 15) is 0 Å². The number of nitrogens with zero attached hydrogens (tertiary/aromatic N) is 3. The van der Waals surface area contributed by atoms with Crippen LogP contribution in [0.25, 0.3) is 0 Å². The topological polar surface area (TPSA) is 55.0 Å². The molecule has 84 valence electrons. The van der Waals surface area contributed by atoms with Crippen molar-refractivity contribution in [2.24, 2.45) is 11.7 Å². The molecule has 0 aliphatic heterocycles. The Kier molecular flexibility index (Phi) is 4.03. The first-order valence-electron chi connectivity index (χ1n) is 5.28. The van der Waals surface area contributed by atoms with Gasteiger partial charge in [-0.05, 0) is 18.9 Å². The summed E-state index contributed by atoms with van der Waals surface area (Å²) in [6.45, 7) is 7.74. The molecule has 1 aromatic heterocycles. The first kappa shape index (κ1) is 11.9. The van der Waals surface area contributed by atoms with Crippen LogP contribution < -0.4 is 10.6 Å². The third-order valence-corrected chi connectivity index (χ3v) is 2.09. The number of nitrogens with two attached hydrogens (primary N) is 1. The van der Waals surface area contributed by atoms with Crippen molar-refractivity contribution < 1.29 is 0 Å². The molecule has 0 aliphatic carbocycles. The molecule has 4 nitrogen and oxygen atoms in total. The second-order valence-corrected chi connectivity index (χ2v) is 4.28. The smallest absolute Gasteiger partial charge is 0.225 e. The highest BCUT2D eigenvalue weighted by Crippen LogP contribution is 2.10. The van der Waals surface area contributed by atoms with E-state index < -0.39 is 0 Å². The molecule has 0 radical (unpaired) electrons. The fraction of sp³-hybridized carbons (Fsp3) is 0.636. The lowest BCUT2D eigenvalue weighted by Crippen LogP contribution is -2.25. The van der Waals surface area contributed by atoms with Crippen LogP contribution in [0, 0.1) is 12.8 Å². The second kappa shape index (κ2) is 5.07. The molecule has 0 saturated heterocycles. The lowest BCUT2D eigenvalue weighted by molar-refractivity contribution is 0.628. The monoisotopic (exact) mass is 208 g/mol. The van der Waals surface area contributed by atoms with Gasteiger partial charge in [0.2, 0.25) is 5.95 Å². The van der Waals surface area contributed by atoms with Crippen molar-refractivity contribution in [2.45, 2.75) is 27.3 Å². The number of rotatable bonds is 4. The third kappa shape index (κ3) is 3.47. The quantitative estimate of drug-likeness (QED) is 0.811. The SMILES string of the molecule is Cc1cc(CN)nc(N(C)CC(C)C)n1. The Morgan fingerprint density at radius 2 is 2.07 bits per heavy atom. The van der Waals surface area contributed by atoms with E-state index in [1.54, 1.807) is 0 Å². The highest BCUT2D eigenvalue weighted by atomic mass is 15.2. The Labute approximate surface area is 91.5 Å². The predicted octanol–water partition coefficient (Wildman–Crippen LogP) is 1.34. The highest BCUT2D eigenvalue weighted by Gasteiger charge is 2.07. The van der Waals surface area contributed by atoms with Crippen LogP contribution in [0.3, 0.4) is 0 Å². The summed E-state index contributed by atoms with van der Waals surface area (Å²) in [7, 11) is 2.01. The summed E-state index contributed by atoms with van der Waals surface area (Å²) in [5.41, 5.74) is 7.45. The van der Waals surface area contributed by atoms with E-state index >= 15 is 0 Å². The molecule has 15 heavy (non-hydrogen) atoms. The van der Waals surface area contributed by atoms with Gasteiger partial charge in [-0.3, -0.25) is 0 Å². The molecule has 2 N–H and O–H groups in total. The molecule has 1 heterocycles. The van der Waals surface area contributed by atoms with Gasteiger partial charge >= 0.3 is 0 Å². The van der Waals surface area contributed by atoms with E-state index in [0.29, 0.717) is 12.5 Å². The zero-order valence-electron chi connectivity index (χ0n) is 9.99.